The molecule has 0 saturated heterocycles. The normalized spacial score (nSPS) is 11.9. The molecule has 1 aromatic rings. The molecule has 0 radical (unpaired) electrons. The number of nitrogens with one attached hydrogen (secondary N) is 1. The molecule has 1 rings (SSSR count). The number of rotatable bonds is 2. The van der Waals surface area contributed by atoms with E-state index >= 15 is 0 Å². The summed E-state index contributed by atoms with van der Waals surface area (Å²) in [7, 11) is 0. The lowest BCUT2D eigenvalue weighted by Crippen LogP contribution is -2.25. The van der Waals surface area contributed by atoms with E-state index in [1.807, 2.05) is 0 Å². The van der Waals surface area contributed by atoms with E-state index in [0.717, 1.165) is 4.99 Å². The van der Waals surface area contributed by atoms with Crippen LogP contribution in [0.3, 0.4) is 0 Å². The minimum Gasteiger partial charge on any atom is -0.341 e. The highest BCUT2D eigenvalue weighted by Gasteiger charge is 2.19. The summed E-state index contributed by atoms with van der Waals surface area (Å²) in [5.41, 5.74) is 1.39. The number of hydrogen-bond acceptors (Lipinski definition) is 2. The molecule has 1 N–H and O–H groups in total. The first-order valence-corrected chi connectivity index (χ1v) is 6.50. The zero-order chi connectivity index (χ0) is 11.6. The smallest absolute Gasteiger partial charge is 0.0965 e. The van der Waals surface area contributed by atoms with Crippen LogP contribution in [-0.4, -0.2) is 4.99 Å². The van der Waals surface area contributed by atoms with E-state index < -0.39 is 0 Å². The molecule has 0 atom stereocenters. The fourth-order valence-corrected chi connectivity index (χ4v) is 2.28. The molecule has 1 aromatic heterocycles. The quantitative estimate of drug-likeness (QED) is 0.756. The second-order valence-electron chi connectivity index (χ2n) is 5.06. The van der Waals surface area contributed by atoms with Gasteiger partial charge in [0.05, 0.1) is 9.99 Å². The van der Waals surface area contributed by atoms with E-state index in [9.17, 15) is 0 Å². The summed E-state index contributed by atoms with van der Waals surface area (Å²) in [6.45, 7) is 10.8. The van der Waals surface area contributed by atoms with Gasteiger partial charge in [-0.2, -0.15) is 0 Å². The lowest BCUT2D eigenvalue weighted by atomic mass is 9.96. The van der Waals surface area contributed by atoms with E-state index in [2.05, 4.69) is 51.4 Å². The van der Waals surface area contributed by atoms with Crippen LogP contribution in [0.4, 0.5) is 5.00 Å². The highest BCUT2D eigenvalue weighted by molar-refractivity contribution is 7.80. The van der Waals surface area contributed by atoms with Crippen LogP contribution in [-0.2, 0) is 0 Å². The Balaban J connectivity index is 2.82. The van der Waals surface area contributed by atoms with Crippen LogP contribution < -0.4 is 5.32 Å². The fourth-order valence-electron chi connectivity index (χ4n) is 1.17. The van der Waals surface area contributed by atoms with Gasteiger partial charge in [0.25, 0.3) is 0 Å². The van der Waals surface area contributed by atoms with Crippen molar-refractivity contribution in [1.29, 1.82) is 0 Å². The number of hydrogen-bond donors (Lipinski definition) is 1. The Morgan fingerprint density at radius 2 is 2.00 bits per heavy atom. The van der Waals surface area contributed by atoms with Crippen LogP contribution >= 0.6 is 23.6 Å². The third kappa shape index (κ3) is 3.28. The largest absolute Gasteiger partial charge is 0.341 e. The number of thiocarbonyl (C=S) groups is 1. The van der Waals surface area contributed by atoms with Crippen LogP contribution in [0.5, 0.6) is 0 Å². The Morgan fingerprint density at radius 3 is 2.47 bits per heavy atom. The maximum Gasteiger partial charge on any atom is 0.0965 e. The molecule has 0 unspecified atom stereocenters. The summed E-state index contributed by atoms with van der Waals surface area (Å²) in [6, 6.07) is 2.17. The molecule has 15 heavy (non-hydrogen) atoms. The van der Waals surface area contributed by atoms with Gasteiger partial charge in [-0.05, 0) is 22.9 Å². The van der Waals surface area contributed by atoms with E-state index in [1.165, 1.54) is 10.6 Å². The van der Waals surface area contributed by atoms with Crippen LogP contribution in [0.15, 0.2) is 11.4 Å². The molecule has 0 spiro atoms. The zero-order valence-electron chi connectivity index (χ0n) is 10.0. The van der Waals surface area contributed by atoms with E-state index in [4.69, 9.17) is 12.2 Å². The Hall–Kier alpha value is -0.410. The van der Waals surface area contributed by atoms with Gasteiger partial charge in [-0.15, -0.1) is 11.3 Å². The van der Waals surface area contributed by atoms with Gasteiger partial charge in [-0.3, -0.25) is 0 Å². The Bertz CT molecular complexity index is 345. The summed E-state index contributed by atoms with van der Waals surface area (Å²) >= 11 is 7.10. The lowest BCUT2D eigenvalue weighted by Gasteiger charge is -2.21. The predicted molar refractivity (Wildman–Crippen MR) is 74.1 cm³/mol. The third-order valence-electron chi connectivity index (χ3n) is 2.23. The Morgan fingerprint density at radius 1 is 1.40 bits per heavy atom. The van der Waals surface area contributed by atoms with Gasteiger partial charge in [0, 0.05) is 5.41 Å². The topological polar surface area (TPSA) is 12.0 Å². The van der Waals surface area contributed by atoms with Crippen molar-refractivity contribution in [2.75, 3.05) is 5.32 Å². The fraction of sp³-hybridized carbons (Fsp3) is 0.583. The first-order chi connectivity index (χ1) is 6.82. The van der Waals surface area contributed by atoms with Gasteiger partial charge >= 0.3 is 0 Å². The molecule has 84 valence electrons. The minimum atomic E-state index is 0.0353. The highest BCUT2D eigenvalue weighted by Crippen LogP contribution is 2.31. The Kier molecular flexibility index (Phi) is 3.90. The predicted octanol–water partition coefficient (Wildman–Crippen LogP) is 4.66. The molecule has 3 heteroatoms. The summed E-state index contributed by atoms with van der Waals surface area (Å²) in [5, 5.41) is 6.67. The molecule has 0 bridgehead atoms. The van der Waals surface area contributed by atoms with Crippen molar-refractivity contribution in [3.63, 3.8) is 0 Å². The first kappa shape index (κ1) is 12.7. The molecular weight excluding hydrogens is 222 g/mol. The molecule has 0 aliphatic rings. The summed E-state index contributed by atoms with van der Waals surface area (Å²) in [4.78, 5) is 0.909. The van der Waals surface area contributed by atoms with Crippen molar-refractivity contribution in [2.45, 2.75) is 40.5 Å². The maximum atomic E-state index is 5.38. The number of anilines is 1. The van der Waals surface area contributed by atoms with Crippen LogP contribution in [0.25, 0.3) is 0 Å². The van der Waals surface area contributed by atoms with Gasteiger partial charge in [0.15, 0.2) is 0 Å². The van der Waals surface area contributed by atoms with Gasteiger partial charge in [0.1, 0.15) is 0 Å². The van der Waals surface area contributed by atoms with Gasteiger partial charge < -0.3 is 5.32 Å². The van der Waals surface area contributed by atoms with Crippen molar-refractivity contribution in [1.82, 2.24) is 0 Å². The zero-order valence-corrected chi connectivity index (χ0v) is 11.7. The minimum absolute atomic E-state index is 0.0353. The van der Waals surface area contributed by atoms with Gasteiger partial charge in [-0.25, -0.2) is 0 Å². The van der Waals surface area contributed by atoms with Gasteiger partial charge in [-0.1, -0.05) is 46.8 Å². The van der Waals surface area contributed by atoms with Crippen LogP contribution in [0.1, 0.15) is 46.1 Å². The van der Waals surface area contributed by atoms with Gasteiger partial charge in [0.2, 0.25) is 0 Å². The molecule has 0 aliphatic carbocycles. The van der Waals surface area contributed by atoms with Crippen molar-refractivity contribution < 1.29 is 0 Å². The molecule has 1 nitrogen and oxygen atoms in total. The molecule has 0 saturated carbocycles. The van der Waals surface area contributed by atoms with E-state index in [0.29, 0.717) is 5.92 Å². The third-order valence-corrected chi connectivity index (χ3v) is 3.79. The lowest BCUT2D eigenvalue weighted by molar-refractivity contribution is 0.600. The average molecular weight is 241 g/mol. The highest BCUT2D eigenvalue weighted by atomic mass is 32.1. The van der Waals surface area contributed by atoms with Crippen molar-refractivity contribution in [2.24, 2.45) is 5.41 Å². The molecule has 1 heterocycles. The maximum absolute atomic E-state index is 5.38. The van der Waals surface area contributed by atoms with Crippen LogP contribution in [0, 0.1) is 5.41 Å². The molecule has 0 fully saturated rings. The molecule has 0 amide bonds. The van der Waals surface area contributed by atoms with Crippen LogP contribution in [0.2, 0.25) is 0 Å². The second-order valence-corrected chi connectivity index (χ2v) is 6.39. The SMILES string of the molecule is CC(C)c1ccsc1NC(=S)C(C)(C)C. The van der Waals surface area contributed by atoms with Crippen molar-refractivity contribution in [3.05, 3.63) is 17.0 Å². The average Bonchev–Trinajstić information content (AvgIpc) is 2.50. The Labute approximate surface area is 102 Å². The monoisotopic (exact) mass is 241 g/mol. The standard InChI is InChI=1S/C12H19NS2/c1-8(2)9-6-7-15-10(9)13-11(14)12(3,4)5/h6-8H,1-5H3,(H,13,14). The molecular formula is C12H19NS2. The van der Waals surface area contributed by atoms with E-state index in [1.54, 1.807) is 11.3 Å². The van der Waals surface area contributed by atoms with Crippen molar-refractivity contribution >= 4 is 33.5 Å². The molecule has 0 aliphatic heterocycles. The first-order valence-electron chi connectivity index (χ1n) is 5.21. The van der Waals surface area contributed by atoms with Crippen molar-refractivity contribution in [3.8, 4) is 0 Å². The summed E-state index contributed by atoms with van der Waals surface area (Å²) in [5.74, 6) is 0.543. The number of thiophene rings is 1. The molecule has 0 aromatic carbocycles. The summed E-state index contributed by atoms with van der Waals surface area (Å²) < 4.78 is 0. The second kappa shape index (κ2) is 4.62. The van der Waals surface area contributed by atoms with E-state index in [-0.39, 0.29) is 5.41 Å². The summed E-state index contributed by atoms with van der Waals surface area (Å²) in [6.07, 6.45) is 0.